The molecule has 0 aliphatic heterocycles. The molecule has 0 fully saturated rings. The van der Waals surface area contributed by atoms with E-state index in [2.05, 4.69) is 0 Å². The van der Waals surface area contributed by atoms with Gasteiger partial charge in [0.15, 0.2) is 0 Å². The SMILES string of the molecule is CN(c1ccccc1)c1cc(F)cc(C#N)c1. The van der Waals surface area contributed by atoms with E-state index in [4.69, 9.17) is 5.26 Å². The van der Waals surface area contributed by atoms with Gasteiger partial charge in [0.2, 0.25) is 0 Å². The first-order valence-corrected chi connectivity index (χ1v) is 5.20. The number of benzene rings is 2. The summed E-state index contributed by atoms with van der Waals surface area (Å²) < 4.78 is 13.3. The number of rotatable bonds is 2. The molecule has 2 nitrogen and oxygen atoms in total. The molecule has 17 heavy (non-hydrogen) atoms. The second kappa shape index (κ2) is 4.67. The summed E-state index contributed by atoms with van der Waals surface area (Å²) in [4.78, 5) is 1.84. The lowest BCUT2D eigenvalue weighted by molar-refractivity contribution is 0.627. The van der Waals surface area contributed by atoms with Crippen molar-refractivity contribution in [2.75, 3.05) is 11.9 Å². The van der Waals surface area contributed by atoms with Gasteiger partial charge in [0, 0.05) is 18.4 Å². The molecule has 84 valence electrons. The molecule has 2 aromatic rings. The van der Waals surface area contributed by atoms with Gasteiger partial charge in [-0.1, -0.05) is 18.2 Å². The number of nitrogens with zero attached hydrogens (tertiary/aromatic N) is 2. The van der Waals surface area contributed by atoms with E-state index in [0.717, 1.165) is 5.69 Å². The first-order chi connectivity index (χ1) is 8.20. The molecule has 0 aromatic heterocycles. The quantitative estimate of drug-likeness (QED) is 0.784. The van der Waals surface area contributed by atoms with Crippen molar-refractivity contribution in [3.05, 3.63) is 59.9 Å². The van der Waals surface area contributed by atoms with Crippen LogP contribution in [0.15, 0.2) is 48.5 Å². The molecule has 0 saturated carbocycles. The second-order valence-corrected chi connectivity index (χ2v) is 3.70. The van der Waals surface area contributed by atoms with Crippen molar-refractivity contribution >= 4 is 11.4 Å². The van der Waals surface area contributed by atoms with Crippen LogP contribution < -0.4 is 4.90 Å². The van der Waals surface area contributed by atoms with Crippen molar-refractivity contribution in [1.29, 1.82) is 5.26 Å². The van der Waals surface area contributed by atoms with E-state index in [0.29, 0.717) is 11.3 Å². The van der Waals surface area contributed by atoms with Crippen molar-refractivity contribution in [2.24, 2.45) is 0 Å². The lowest BCUT2D eigenvalue weighted by Crippen LogP contribution is -2.09. The van der Waals surface area contributed by atoms with E-state index < -0.39 is 5.82 Å². The van der Waals surface area contributed by atoms with Gasteiger partial charge in [0.05, 0.1) is 11.6 Å². The van der Waals surface area contributed by atoms with Crippen molar-refractivity contribution in [1.82, 2.24) is 0 Å². The van der Waals surface area contributed by atoms with Gasteiger partial charge in [-0.15, -0.1) is 0 Å². The summed E-state index contributed by atoms with van der Waals surface area (Å²) >= 11 is 0. The van der Waals surface area contributed by atoms with E-state index in [9.17, 15) is 4.39 Å². The Morgan fingerprint density at radius 3 is 2.41 bits per heavy atom. The van der Waals surface area contributed by atoms with E-state index in [1.54, 1.807) is 6.07 Å². The Hall–Kier alpha value is -2.34. The fourth-order valence-electron chi connectivity index (χ4n) is 1.63. The minimum Gasteiger partial charge on any atom is -0.345 e. The van der Waals surface area contributed by atoms with Crippen LogP contribution in [0.4, 0.5) is 15.8 Å². The molecule has 2 rings (SSSR count). The Kier molecular flexibility index (Phi) is 3.06. The number of halogens is 1. The number of para-hydroxylation sites is 1. The Balaban J connectivity index is 2.41. The predicted molar refractivity (Wildman–Crippen MR) is 65.6 cm³/mol. The zero-order valence-corrected chi connectivity index (χ0v) is 9.39. The lowest BCUT2D eigenvalue weighted by Gasteiger charge is -2.19. The maximum Gasteiger partial charge on any atom is 0.126 e. The largest absolute Gasteiger partial charge is 0.345 e. The summed E-state index contributed by atoms with van der Waals surface area (Å²) in [6, 6.07) is 15.8. The molecular formula is C14H11FN2. The summed E-state index contributed by atoms with van der Waals surface area (Å²) in [5.41, 5.74) is 1.93. The molecule has 0 bridgehead atoms. The van der Waals surface area contributed by atoms with Crippen LogP contribution in [0.3, 0.4) is 0 Å². The summed E-state index contributed by atoms with van der Waals surface area (Å²) in [6.07, 6.45) is 0. The molecule has 0 heterocycles. The fraction of sp³-hybridized carbons (Fsp3) is 0.0714. The third kappa shape index (κ3) is 2.43. The van der Waals surface area contributed by atoms with Crippen molar-refractivity contribution in [2.45, 2.75) is 0 Å². The number of nitriles is 1. The zero-order valence-electron chi connectivity index (χ0n) is 9.39. The molecule has 0 saturated heterocycles. The Bertz CT molecular complexity index is 558. The monoisotopic (exact) mass is 226 g/mol. The smallest absolute Gasteiger partial charge is 0.126 e. The number of hydrogen-bond donors (Lipinski definition) is 0. The van der Waals surface area contributed by atoms with E-state index in [1.165, 1.54) is 12.1 Å². The molecule has 0 spiro atoms. The Labute approximate surface area is 99.5 Å². The number of anilines is 2. The minimum absolute atomic E-state index is 0.322. The molecule has 0 N–H and O–H groups in total. The van der Waals surface area contributed by atoms with Crippen LogP contribution in [0.1, 0.15) is 5.56 Å². The second-order valence-electron chi connectivity index (χ2n) is 3.70. The van der Waals surface area contributed by atoms with Gasteiger partial charge < -0.3 is 4.90 Å². The molecule has 0 amide bonds. The van der Waals surface area contributed by atoms with Crippen molar-refractivity contribution in [3.8, 4) is 6.07 Å². The minimum atomic E-state index is -0.401. The highest BCUT2D eigenvalue weighted by Gasteiger charge is 2.06. The van der Waals surface area contributed by atoms with E-state index in [1.807, 2.05) is 48.3 Å². The van der Waals surface area contributed by atoms with Crippen LogP contribution in [0.25, 0.3) is 0 Å². The summed E-state index contributed by atoms with van der Waals surface area (Å²) in [7, 11) is 1.84. The Morgan fingerprint density at radius 2 is 1.76 bits per heavy atom. The summed E-state index contributed by atoms with van der Waals surface area (Å²) in [5.74, 6) is -0.401. The Morgan fingerprint density at radius 1 is 1.06 bits per heavy atom. The summed E-state index contributed by atoms with van der Waals surface area (Å²) in [5, 5.41) is 8.80. The van der Waals surface area contributed by atoms with Gasteiger partial charge in [0.1, 0.15) is 5.82 Å². The average Bonchev–Trinajstić information content (AvgIpc) is 2.38. The average molecular weight is 226 g/mol. The summed E-state index contributed by atoms with van der Waals surface area (Å²) in [6.45, 7) is 0. The van der Waals surface area contributed by atoms with Crippen molar-refractivity contribution in [3.63, 3.8) is 0 Å². The standard InChI is InChI=1S/C14H11FN2/c1-17(13-5-3-2-4-6-13)14-8-11(10-16)7-12(15)9-14/h2-9H,1H3. The molecule has 3 heteroatoms. The molecular weight excluding hydrogens is 215 g/mol. The van der Waals surface area contributed by atoms with Crippen LogP contribution in [-0.4, -0.2) is 7.05 Å². The van der Waals surface area contributed by atoms with Crippen LogP contribution in [0.2, 0.25) is 0 Å². The lowest BCUT2D eigenvalue weighted by atomic mass is 10.2. The number of hydrogen-bond acceptors (Lipinski definition) is 2. The predicted octanol–water partition coefficient (Wildman–Crippen LogP) is 3.47. The van der Waals surface area contributed by atoms with Crippen LogP contribution in [0.5, 0.6) is 0 Å². The van der Waals surface area contributed by atoms with Gasteiger partial charge in [-0.05, 0) is 30.3 Å². The normalized spacial score (nSPS) is 9.71. The first-order valence-electron chi connectivity index (χ1n) is 5.20. The first kappa shape index (κ1) is 11.2. The van der Waals surface area contributed by atoms with E-state index in [-0.39, 0.29) is 0 Å². The molecule has 2 aromatic carbocycles. The molecule has 0 unspecified atom stereocenters. The third-order valence-corrected chi connectivity index (χ3v) is 2.54. The zero-order chi connectivity index (χ0) is 12.3. The topological polar surface area (TPSA) is 27.0 Å². The van der Waals surface area contributed by atoms with Crippen LogP contribution in [0, 0.1) is 17.1 Å². The van der Waals surface area contributed by atoms with Crippen LogP contribution >= 0.6 is 0 Å². The van der Waals surface area contributed by atoms with Crippen molar-refractivity contribution < 1.29 is 4.39 Å². The van der Waals surface area contributed by atoms with E-state index >= 15 is 0 Å². The van der Waals surface area contributed by atoms with Gasteiger partial charge in [-0.3, -0.25) is 0 Å². The highest BCUT2D eigenvalue weighted by atomic mass is 19.1. The molecule has 0 radical (unpaired) electrons. The molecule has 0 aliphatic rings. The highest BCUT2D eigenvalue weighted by molar-refractivity contribution is 5.63. The maximum atomic E-state index is 13.3. The highest BCUT2D eigenvalue weighted by Crippen LogP contribution is 2.24. The van der Waals surface area contributed by atoms with Crippen LogP contribution in [-0.2, 0) is 0 Å². The van der Waals surface area contributed by atoms with Gasteiger partial charge >= 0.3 is 0 Å². The van der Waals surface area contributed by atoms with Gasteiger partial charge in [0.25, 0.3) is 0 Å². The molecule has 0 atom stereocenters. The maximum absolute atomic E-state index is 13.3. The molecule has 0 aliphatic carbocycles. The fourth-order valence-corrected chi connectivity index (χ4v) is 1.63. The van der Waals surface area contributed by atoms with Gasteiger partial charge in [-0.25, -0.2) is 4.39 Å². The van der Waals surface area contributed by atoms with Gasteiger partial charge in [-0.2, -0.15) is 5.26 Å². The third-order valence-electron chi connectivity index (χ3n) is 2.54.